The summed E-state index contributed by atoms with van der Waals surface area (Å²) in [7, 11) is 0. The molecule has 142 valence electrons. The molecule has 0 fully saturated rings. The Bertz CT molecular complexity index is 1160. The van der Waals surface area contributed by atoms with Gasteiger partial charge in [0.05, 0.1) is 11.4 Å². The second-order valence-corrected chi connectivity index (χ2v) is 6.28. The molecule has 0 atom stereocenters. The number of halogens is 4. The van der Waals surface area contributed by atoms with E-state index >= 15 is 0 Å². The highest BCUT2D eigenvalue weighted by Gasteiger charge is 2.24. The van der Waals surface area contributed by atoms with Crippen LogP contribution in [0.1, 0.15) is 35.9 Å². The molecule has 2 aromatic rings. The summed E-state index contributed by atoms with van der Waals surface area (Å²) in [6, 6.07) is 1.69. The summed E-state index contributed by atoms with van der Waals surface area (Å²) in [5, 5.41) is 12.9. The van der Waals surface area contributed by atoms with Gasteiger partial charge in [0.2, 0.25) is 0 Å². The first-order valence-electron chi connectivity index (χ1n) is 8.02. The lowest BCUT2D eigenvalue weighted by atomic mass is 9.98. The lowest BCUT2D eigenvalue weighted by Gasteiger charge is -2.12. The van der Waals surface area contributed by atoms with Crippen molar-refractivity contribution in [3.8, 4) is 6.07 Å². The fraction of sp³-hybridized carbons (Fsp3) is 0.158. The van der Waals surface area contributed by atoms with Crippen molar-refractivity contribution in [2.24, 2.45) is 4.99 Å². The normalized spacial score (nSPS) is 17.2. The molecule has 0 saturated heterocycles. The standard InChI is InChI=1S/C19H13ClF3N5/c1-4-25-15-5-9(2)14(21)7-11(15)6-12-10(3)26-19-13(8-24)16(18(22)23)27-28(19)17(12)20/h4-7,18H,1H2,2-3H3/b11-6+,25-15?. The molecular formula is C19H13ClF3N5. The van der Waals surface area contributed by atoms with E-state index in [0.29, 0.717) is 28.1 Å². The highest BCUT2D eigenvalue weighted by molar-refractivity contribution is 6.31. The topological polar surface area (TPSA) is 66.3 Å². The molecule has 2 aromatic heterocycles. The molecule has 0 amide bonds. The number of nitrogens with zero attached hydrogens (tertiary/aromatic N) is 5. The van der Waals surface area contributed by atoms with E-state index in [1.54, 1.807) is 26.0 Å². The van der Waals surface area contributed by atoms with Gasteiger partial charge in [0, 0.05) is 17.3 Å². The molecule has 3 rings (SSSR count). The average molecular weight is 404 g/mol. The number of allylic oxidation sites excluding steroid dienone is 5. The Hall–Kier alpha value is -3.18. The van der Waals surface area contributed by atoms with Crippen LogP contribution in [0.15, 0.2) is 46.9 Å². The first kappa shape index (κ1) is 19.6. The van der Waals surface area contributed by atoms with Crippen LogP contribution in [0.2, 0.25) is 5.15 Å². The number of alkyl halides is 2. The minimum atomic E-state index is -2.95. The van der Waals surface area contributed by atoms with Gasteiger partial charge < -0.3 is 0 Å². The molecule has 5 nitrogen and oxygen atoms in total. The molecule has 1 aliphatic carbocycles. The molecular weight excluding hydrogens is 391 g/mol. The fourth-order valence-corrected chi connectivity index (χ4v) is 3.04. The quantitative estimate of drug-likeness (QED) is 0.654. The zero-order chi connectivity index (χ0) is 20.6. The predicted molar refractivity (Wildman–Crippen MR) is 101 cm³/mol. The summed E-state index contributed by atoms with van der Waals surface area (Å²) in [5.74, 6) is -0.442. The van der Waals surface area contributed by atoms with Crippen LogP contribution in [0, 0.1) is 18.3 Å². The summed E-state index contributed by atoms with van der Waals surface area (Å²) in [4.78, 5) is 8.33. The van der Waals surface area contributed by atoms with Crippen molar-refractivity contribution in [3.05, 3.63) is 69.6 Å². The molecule has 0 spiro atoms. The number of nitriles is 1. The predicted octanol–water partition coefficient (Wildman–Crippen LogP) is 5.28. The van der Waals surface area contributed by atoms with Gasteiger partial charge in [-0.25, -0.2) is 22.7 Å². The van der Waals surface area contributed by atoms with Crippen LogP contribution in [-0.2, 0) is 0 Å². The van der Waals surface area contributed by atoms with E-state index < -0.39 is 17.9 Å². The number of fused-ring (bicyclic) bond motifs is 1. The van der Waals surface area contributed by atoms with E-state index in [4.69, 9.17) is 11.6 Å². The number of rotatable bonds is 3. The Labute approximate surface area is 163 Å². The second kappa shape index (κ2) is 7.44. The first-order chi connectivity index (χ1) is 13.3. The Kier molecular flexibility index (Phi) is 5.21. The van der Waals surface area contributed by atoms with Gasteiger partial charge in [-0.1, -0.05) is 18.2 Å². The highest BCUT2D eigenvalue weighted by Crippen LogP contribution is 2.31. The molecule has 1 aliphatic rings. The van der Waals surface area contributed by atoms with E-state index in [9.17, 15) is 18.4 Å². The SMILES string of the molecule is C=CN=C1C=C(C)C(F)=C/C1=C\c1c(C)nc2c(C#N)c(C(F)F)nn2c1Cl. The molecule has 0 bridgehead atoms. The highest BCUT2D eigenvalue weighted by atomic mass is 35.5. The summed E-state index contributed by atoms with van der Waals surface area (Å²) < 4.78 is 41.4. The molecule has 28 heavy (non-hydrogen) atoms. The van der Waals surface area contributed by atoms with Gasteiger partial charge in [-0.3, -0.25) is 4.99 Å². The third kappa shape index (κ3) is 3.25. The smallest absolute Gasteiger partial charge is 0.257 e. The van der Waals surface area contributed by atoms with Gasteiger partial charge in [-0.2, -0.15) is 10.4 Å². The van der Waals surface area contributed by atoms with Gasteiger partial charge in [-0.05, 0) is 37.6 Å². The van der Waals surface area contributed by atoms with Crippen LogP contribution in [0.4, 0.5) is 13.2 Å². The fourth-order valence-electron chi connectivity index (χ4n) is 2.74. The number of aliphatic imine (C=N–C) groups is 1. The van der Waals surface area contributed by atoms with Crippen LogP contribution >= 0.6 is 11.6 Å². The lowest BCUT2D eigenvalue weighted by Crippen LogP contribution is -2.06. The van der Waals surface area contributed by atoms with Gasteiger partial charge in [0.15, 0.2) is 5.65 Å². The maximum Gasteiger partial charge on any atom is 0.283 e. The number of aromatic nitrogens is 3. The van der Waals surface area contributed by atoms with Crippen LogP contribution in [0.3, 0.4) is 0 Å². The second-order valence-electron chi connectivity index (χ2n) is 5.93. The third-order valence-corrected chi connectivity index (χ3v) is 4.48. The molecule has 9 heteroatoms. The Balaban J connectivity index is 2.27. The van der Waals surface area contributed by atoms with Crippen molar-refractivity contribution in [1.29, 1.82) is 5.26 Å². The zero-order valence-electron chi connectivity index (χ0n) is 14.8. The van der Waals surface area contributed by atoms with Gasteiger partial charge in [0.1, 0.15) is 28.3 Å². The van der Waals surface area contributed by atoms with E-state index in [2.05, 4.69) is 21.7 Å². The third-order valence-electron chi connectivity index (χ3n) is 4.12. The first-order valence-corrected chi connectivity index (χ1v) is 8.39. The average Bonchev–Trinajstić information content (AvgIpc) is 3.01. The van der Waals surface area contributed by atoms with Gasteiger partial charge >= 0.3 is 0 Å². The van der Waals surface area contributed by atoms with E-state index in [1.165, 1.54) is 18.4 Å². The summed E-state index contributed by atoms with van der Waals surface area (Å²) in [6.45, 7) is 6.75. The van der Waals surface area contributed by atoms with E-state index in [-0.39, 0.29) is 16.4 Å². The summed E-state index contributed by atoms with van der Waals surface area (Å²) >= 11 is 6.37. The minimum Gasteiger partial charge on any atom is -0.257 e. The van der Waals surface area contributed by atoms with E-state index in [1.807, 2.05) is 0 Å². The molecule has 0 radical (unpaired) electrons. The van der Waals surface area contributed by atoms with Gasteiger partial charge in [-0.15, -0.1) is 0 Å². The number of hydrogen-bond donors (Lipinski definition) is 0. The molecule has 0 aromatic carbocycles. The van der Waals surface area contributed by atoms with Gasteiger partial charge in [0.25, 0.3) is 6.43 Å². The van der Waals surface area contributed by atoms with Crippen molar-refractivity contribution in [2.45, 2.75) is 20.3 Å². The monoisotopic (exact) mass is 403 g/mol. The minimum absolute atomic E-state index is 0.0311. The largest absolute Gasteiger partial charge is 0.283 e. The van der Waals surface area contributed by atoms with Crippen LogP contribution in [-0.4, -0.2) is 20.3 Å². The van der Waals surface area contributed by atoms with Crippen molar-refractivity contribution in [1.82, 2.24) is 14.6 Å². The van der Waals surface area contributed by atoms with Crippen molar-refractivity contribution in [2.75, 3.05) is 0 Å². The molecule has 0 aliphatic heterocycles. The van der Waals surface area contributed by atoms with Crippen LogP contribution < -0.4 is 0 Å². The van der Waals surface area contributed by atoms with Crippen LogP contribution in [0.25, 0.3) is 11.7 Å². The molecule has 0 N–H and O–H groups in total. The summed E-state index contributed by atoms with van der Waals surface area (Å²) in [5.41, 5.74) is 0.857. The van der Waals surface area contributed by atoms with Crippen molar-refractivity contribution < 1.29 is 13.2 Å². The van der Waals surface area contributed by atoms with Crippen molar-refractivity contribution in [3.63, 3.8) is 0 Å². The lowest BCUT2D eigenvalue weighted by molar-refractivity contribution is 0.145. The molecule has 0 saturated carbocycles. The maximum atomic E-state index is 14.1. The van der Waals surface area contributed by atoms with E-state index in [0.717, 1.165) is 4.52 Å². The summed E-state index contributed by atoms with van der Waals surface area (Å²) in [6.07, 6.45) is 2.73. The molecule has 2 heterocycles. The Morgan fingerprint density at radius 3 is 2.68 bits per heavy atom. The zero-order valence-corrected chi connectivity index (χ0v) is 15.6. The Morgan fingerprint density at radius 1 is 1.36 bits per heavy atom. The number of aryl methyl sites for hydroxylation is 1. The Morgan fingerprint density at radius 2 is 2.07 bits per heavy atom. The molecule has 0 unspecified atom stereocenters. The maximum absolute atomic E-state index is 14.1. The number of hydrogen-bond acceptors (Lipinski definition) is 4. The van der Waals surface area contributed by atoms with Crippen molar-refractivity contribution >= 4 is 29.0 Å². The van der Waals surface area contributed by atoms with Crippen LogP contribution in [0.5, 0.6) is 0 Å².